The van der Waals surface area contributed by atoms with Gasteiger partial charge in [0.2, 0.25) is 0 Å². The van der Waals surface area contributed by atoms with Crippen LogP contribution in [0.4, 0.5) is 4.39 Å². The van der Waals surface area contributed by atoms with Gasteiger partial charge in [-0.25, -0.2) is 9.18 Å². The molecule has 0 aliphatic heterocycles. The van der Waals surface area contributed by atoms with Crippen LogP contribution in [0.3, 0.4) is 0 Å². The standard InChI is InChI=1S/C23H20FNO3/c1-16(20-8-4-6-18-5-2-3-7-21(18)20)25-22(26)15-28-23(27)14-11-17-9-12-19(24)13-10-17/h2-14,16H,15H2,1H3,(H,25,26)/b14-11+/t16-/m0/s1. The van der Waals surface area contributed by atoms with Crippen molar-refractivity contribution in [1.29, 1.82) is 0 Å². The minimum Gasteiger partial charge on any atom is -0.452 e. The molecular formula is C23H20FNO3. The van der Waals surface area contributed by atoms with Gasteiger partial charge in [0.15, 0.2) is 6.61 Å². The van der Waals surface area contributed by atoms with E-state index in [-0.39, 0.29) is 24.4 Å². The van der Waals surface area contributed by atoms with E-state index < -0.39 is 5.97 Å². The highest BCUT2D eigenvalue weighted by molar-refractivity contribution is 5.90. The molecule has 3 aromatic rings. The van der Waals surface area contributed by atoms with E-state index >= 15 is 0 Å². The van der Waals surface area contributed by atoms with Crippen molar-refractivity contribution < 1.29 is 18.7 Å². The van der Waals surface area contributed by atoms with Crippen LogP contribution in [0.15, 0.2) is 72.8 Å². The Morgan fingerprint density at radius 2 is 1.75 bits per heavy atom. The lowest BCUT2D eigenvalue weighted by Crippen LogP contribution is -2.31. The summed E-state index contributed by atoms with van der Waals surface area (Å²) in [5, 5.41) is 5.00. The molecule has 0 radical (unpaired) electrons. The van der Waals surface area contributed by atoms with Crippen LogP contribution in [-0.2, 0) is 14.3 Å². The van der Waals surface area contributed by atoms with Gasteiger partial charge in [-0.05, 0) is 47.0 Å². The Balaban J connectivity index is 1.53. The van der Waals surface area contributed by atoms with Gasteiger partial charge in [-0.15, -0.1) is 0 Å². The largest absolute Gasteiger partial charge is 0.452 e. The second-order valence-electron chi connectivity index (χ2n) is 6.35. The number of nitrogens with one attached hydrogen (secondary N) is 1. The molecular weight excluding hydrogens is 357 g/mol. The van der Waals surface area contributed by atoms with Crippen molar-refractivity contribution in [2.45, 2.75) is 13.0 Å². The van der Waals surface area contributed by atoms with Gasteiger partial charge in [-0.2, -0.15) is 0 Å². The molecule has 0 saturated carbocycles. The summed E-state index contributed by atoms with van der Waals surface area (Å²) in [7, 11) is 0. The van der Waals surface area contributed by atoms with Crippen LogP contribution in [-0.4, -0.2) is 18.5 Å². The minimum atomic E-state index is -0.641. The molecule has 3 aromatic carbocycles. The van der Waals surface area contributed by atoms with Crippen molar-refractivity contribution in [2.75, 3.05) is 6.61 Å². The number of hydrogen-bond donors (Lipinski definition) is 1. The van der Waals surface area contributed by atoms with Crippen molar-refractivity contribution in [3.8, 4) is 0 Å². The number of hydrogen-bond acceptors (Lipinski definition) is 3. The highest BCUT2D eigenvalue weighted by Crippen LogP contribution is 2.23. The summed E-state index contributed by atoms with van der Waals surface area (Å²) in [6.45, 7) is 1.51. The molecule has 28 heavy (non-hydrogen) atoms. The normalized spacial score (nSPS) is 12.1. The molecule has 5 heteroatoms. The molecule has 0 bridgehead atoms. The molecule has 0 saturated heterocycles. The van der Waals surface area contributed by atoms with E-state index in [0.29, 0.717) is 5.56 Å². The summed E-state index contributed by atoms with van der Waals surface area (Å²) in [6, 6.07) is 19.3. The molecule has 3 rings (SSSR count). The second-order valence-corrected chi connectivity index (χ2v) is 6.35. The first-order chi connectivity index (χ1) is 13.5. The maximum Gasteiger partial charge on any atom is 0.331 e. The Kier molecular flexibility index (Phi) is 6.17. The van der Waals surface area contributed by atoms with Gasteiger partial charge in [0.1, 0.15) is 5.82 Å². The van der Waals surface area contributed by atoms with Gasteiger partial charge < -0.3 is 10.1 Å². The van der Waals surface area contributed by atoms with Gasteiger partial charge in [-0.3, -0.25) is 4.79 Å². The van der Waals surface area contributed by atoms with Crippen LogP contribution in [0.2, 0.25) is 0 Å². The Bertz CT molecular complexity index is 1010. The third-order valence-corrected chi connectivity index (χ3v) is 4.29. The third kappa shape index (κ3) is 5.04. The Hall–Kier alpha value is -3.47. The lowest BCUT2D eigenvalue weighted by molar-refractivity contribution is -0.144. The molecule has 1 atom stereocenters. The summed E-state index contributed by atoms with van der Waals surface area (Å²) in [4.78, 5) is 23.9. The molecule has 0 aliphatic rings. The van der Waals surface area contributed by atoms with E-state index in [1.807, 2.05) is 49.4 Å². The monoisotopic (exact) mass is 377 g/mol. The predicted molar refractivity (Wildman–Crippen MR) is 107 cm³/mol. The maximum absolute atomic E-state index is 12.8. The molecule has 0 spiro atoms. The average Bonchev–Trinajstić information content (AvgIpc) is 2.71. The summed E-state index contributed by atoms with van der Waals surface area (Å²) in [5.74, 6) is -1.38. The lowest BCUT2D eigenvalue weighted by Gasteiger charge is -2.16. The zero-order valence-electron chi connectivity index (χ0n) is 15.4. The Labute approximate surface area is 162 Å². The van der Waals surface area contributed by atoms with E-state index in [0.717, 1.165) is 16.3 Å². The molecule has 142 valence electrons. The van der Waals surface area contributed by atoms with Gasteiger partial charge in [0.05, 0.1) is 6.04 Å². The number of fused-ring (bicyclic) bond motifs is 1. The maximum atomic E-state index is 12.8. The van der Waals surface area contributed by atoms with Crippen molar-refractivity contribution >= 4 is 28.7 Å². The van der Waals surface area contributed by atoms with Crippen LogP contribution < -0.4 is 5.32 Å². The molecule has 4 nitrogen and oxygen atoms in total. The second kappa shape index (κ2) is 8.95. The fourth-order valence-corrected chi connectivity index (χ4v) is 2.91. The van der Waals surface area contributed by atoms with E-state index in [1.165, 1.54) is 36.4 Å². The summed E-state index contributed by atoms with van der Waals surface area (Å²) >= 11 is 0. The van der Waals surface area contributed by atoms with Crippen LogP contribution in [0.25, 0.3) is 16.8 Å². The number of benzene rings is 3. The minimum absolute atomic E-state index is 0.230. The molecule has 0 unspecified atom stereocenters. The highest BCUT2D eigenvalue weighted by atomic mass is 19.1. The highest BCUT2D eigenvalue weighted by Gasteiger charge is 2.13. The van der Waals surface area contributed by atoms with Crippen molar-refractivity contribution in [2.24, 2.45) is 0 Å². The van der Waals surface area contributed by atoms with Crippen molar-refractivity contribution in [3.63, 3.8) is 0 Å². The molecule has 0 fully saturated rings. The van der Waals surface area contributed by atoms with Crippen LogP contribution in [0, 0.1) is 5.82 Å². The van der Waals surface area contributed by atoms with E-state index in [9.17, 15) is 14.0 Å². The van der Waals surface area contributed by atoms with Gasteiger partial charge in [0.25, 0.3) is 5.91 Å². The number of carbonyl (C=O) groups is 2. The van der Waals surface area contributed by atoms with Gasteiger partial charge in [0, 0.05) is 6.08 Å². The van der Waals surface area contributed by atoms with Crippen LogP contribution in [0.5, 0.6) is 0 Å². The average molecular weight is 377 g/mol. The zero-order valence-corrected chi connectivity index (χ0v) is 15.4. The molecule has 0 aliphatic carbocycles. The van der Waals surface area contributed by atoms with E-state index in [4.69, 9.17) is 4.74 Å². The van der Waals surface area contributed by atoms with Crippen molar-refractivity contribution in [3.05, 3.63) is 89.8 Å². The van der Waals surface area contributed by atoms with Gasteiger partial charge >= 0.3 is 5.97 Å². The lowest BCUT2D eigenvalue weighted by atomic mass is 10.00. The summed E-state index contributed by atoms with van der Waals surface area (Å²) < 4.78 is 17.8. The first-order valence-corrected chi connectivity index (χ1v) is 8.90. The summed E-state index contributed by atoms with van der Waals surface area (Å²) in [5.41, 5.74) is 1.65. The van der Waals surface area contributed by atoms with Crippen LogP contribution >= 0.6 is 0 Å². The van der Waals surface area contributed by atoms with E-state index in [2.05, 4.69) is 5.32 Å². The first-order valence-electron chi connectivity index (χ1n) is 8.90. The third-order valence-electron chi connectivity index (χ3n) is 4.29. The predicted octanol–water partition coefficient (Wildman–Crippen LogP) is 4.41. The van der Waals surface area contributed by atoms with Gasteiger partial charge in [-0.1, -0.05) is 54.6 Å². The number of rotatable bonds is 6. The molecule has 1 amide bonds. The molecule has 1 N–H and O–H groups in total. The van der Waals surface area contributed by atoms with Crippen LogP contribution in [0.1, 0.15) is 24.1 Å². The number of amides is 1. The Morgan fingerprint density at radius 1 is 1.04 bits per heavy atom. The number of halogens is 1. The fourth-order valence-electron chi connectivity index (χ4n) is 2.91. The fraction of sp³-hybridized carbons (Fsp3) is 0.130. The zero-order chi connectivity index (χ0) is 19.9. The SMILES string of the molecule is C[C@H](NC(=O)COC(=O)/C=C/c1ccc(F)cc1)c1cccc2ccccc12. The molecule has 0 heterocycles. The topological polar surface area (TPSA) is 55.4 Å². The van der Waals surface area contributed by atoms with Crippen molar-refractivity contribution in [1.82, 2.24) is 5.32 Å². The quantitative estimate of drug-likeness (QED) is 0.511. The number of ether oxygens (including phenoxy) is 1. The smallest absolute Gasteiger partial charge is 0.331 e. The summed E-state index contributed by atoms with van der Waals surface area (Å²) in [6.07, 6.45) is 2.70. The number of esters is 1. The Morgan fingerprint density at radius 3 is 2.54 bits per heavy atom. The first kappa shape index (κ1) is 19.3. The molecule has 0 aromatic heterocycles. The number of carbonyl (C=O) groups excluding carboxylic acids is 2. The van der Waals surface area contributed by atoms with E-state index in [1.54, 1.807) is 0 Å².